The van der Waals surface area contributed by atoms with Crippen molar-refractivity contribution in [2.45, 2.75) is 6.04 Å². The highest BCUT2D eigenvalue weighted by atomic mass is 35.5. The Morgan fingerprint density at radius 1 is 0.935 bits per heavy atom. The van der Waals surface area contributed by atoms with Gasteiger partial charge in [0.05, 0.1) is 24.0 Å². The zero-order valence-corrected chi connectivity index (χ0v) is 17.9. The van der Waals surface area contributed by atoms with Gasteiger partial charge in [0.15, 0.2) is 0 Å². The summed E-state index contributed by atoms with van der Waals surface area (Å²) in [5.41, 5.74) is 3.28. The zero-order valence-electron chi connectivity index (χ0n) is 16.4. The first kappa shape index (κ1) is 21.1. The second kappa shape index (κ2) is 9.75. The number of carbonyl (C=O) groups is 1. The van der Waals surface area contributed by atoms with E-state index in [9.17, 15) is 4.79 Å². The number of hydrogen-bond donors (Lipinski definition) is 2. The Balaban J connectivity index is 1.51. The molecular formula is C23H19Cl2N5O. The molecule has 4 rings (SSSR count). The fourth-order valence-corrected chi connectivity index (χ4v) is 3.56. The molecule has 1 heterocycles. The first-order chi connectivity index (χ1) is 15.1. The van der Waals surface area contributed by atoms with Gasteiger partial charge in [0.1, 0.15) is 12.7 Å². The van der Waals surface area contributed by atoms with Crippen LogP contribution in [0.2, 0.25) is 10.0 Å². The predicted molar refractivity (Wildman–Crippen MR) is 123 cm³/mol. The van der Waals surface area contributed by atoms with Crippen molar-refractivity contribution in [3.8, 4) is 5.69 Å². The van der Waals surface area contributed by atoms with E-state index in [2.05, 4.69) is 20.7 Å². The molecule has 0 saturated carbocycles. The van der Waals surface area contributed by atoms with Gasteiger partial charge >= 0.3 is 0 Å². The molecule has 0 spiro atoms. The van der Waals surface area contributed by atoms with Gasteiger partial charge in [-0.15, -0.1) is 0 Å². The van der Waals surface area contributed by atoms with E-state index >= 15 is 0 Å². The Morgan fingerprint density at radius 2 is 1.65 bits per heavy atom. The molecule has 3 aromatic carbocycles. The standard InChI is InChI=1S/C23H19Cl2N5O/c24-18-8-6-17(7-9-18)23(16-4-2-1-3-5-16)27-13-22(31)29-20-12-19(25)10-11-21(20)30-15-26-14-28-30/h1-12,14-15,23,27H,13H2,(H,29,31)/t23-/m0/s1. The maximum atomic E-state index is 12.8. The van der Waals surface area contributed by atoms with Crippen LogP contribution in [0, 0.1) is 0 Å². The molecule has 156 valence electrons. The molecule has 0 fully saturated rings. The third kappa shape index (κ3) is 5.30. The number of halogens is 2. The van der Waals surface area contributed by atoms with Gasteiger partial charge in [-0.1, -0.05) is 65.7 Å². The Labute approximate surface area is 189 Å². The molecule has 6 nitrogen and oxygen atoms in total. The molecule has 0 unspecified atom stereocenters. The van der Waals surface area contributed by atoms with Crippen LogP contribution in [0.4, 0.5) is 5.69 Å². The minimum atomic E-state index is -0.210. The van der Waals surface area contributed by atoms with Crippen molar-refractivity contribution in [3.63, 3.8) is 0 Å². The van der Waals surface area contributed by atoms with E-state index in [1.54, 1.807) is 29.2 Å². The minimum Gasteiger partial charge on any atom is -0.323 e. The van der Waals surface area contributed by atoms with Crippen LogP contribution in [0.1, 0.15) is 17.2 Å². The van der Waals surface area contributed by atoms with Gasteiger partial charge in [-0.05, 0) is 41.5 Å². The second-order valence-electron chi connectivity index (χ2n) is 6.83. The topological polar surface area (TPSA) is 71.8 Å². The van der Waals surface area contributed by atoms with E-state index in [-0.39, 0.29) is 18.5 Å². The quantitative estimate of drug-likeness (QED) is 0.419. The summed E-state index contributed by atoms with van der Waals surface area (Å²) in [4.78, 5) is 16.7. The molecule has 1 aromatic heterocycles. The number of aromatic nitrogens is 3. The summed E-state index contributed by atoms with van der Waals surface area (Å²) in [6, 6.07) is 22.5. The Bertz CT molecular complexity index is 1150. The maximum Gasteiger partial charge on any atom is 0.238 e. The summed E-state index contributed by atoms with van der Waals surface area (Å²) in [5.74, 6) is -0.210. The Kier molecular flexibility index (Phi) is 6.62. The number of hydrogen-bond acceptors (Lipinski definition) is 4. The van der Waals surface area contributed by atoms with Crippen LogP contribution < -0.4 is 10.6 Å². The van der Waals surface area contributed by atoms with Crippen LogP contribution in [0.5, 0.6) is 0 Å². The van der Waals surface area contributed by atoms with Crippen LogP contribution >= 0.6 is 23.2 Å². The van der Waals surface area contributed by atoms with Crippen LogP contribution in [0.15, 0.2) is 85.5 Å². The van der Waals surface area contributed by atoms with Crippen LogP contribution in [0.3, 0.4) is 0 Å². The Hall–Kier alpha value is -3.19. The van der Waals surface area contributed by atoms with Gasteiger partial charge in [0, 0.05) is 10.0 Å². The predicted octanol–water partition coefficient (Wildman–Crippen LogP) is 4.89. The lowest BCUT2D eigenvalue weighted by molar-refractivity contribution is -0.115. The highest BCUT2D eigenvalue weighted by Crippen LogP contribution is 2.25. The van der Waals surface area contributed by atoms with Gasteiger partial charge in [0.2, 0.25) is 5.91 Å². The number of benzene rings is 3. The SMILES string of the molecule is O=C(CN[C@@H](c1ccccc1)c1ccc(Cl)cc1)Nc1cc(Cl)ccc1-n1cncn1. The molecule has 8 heteroatoms. The number of nitrogens with zero attached hydrogens (tertiary/aromatic N) is 3. The van der Waals surface area contributed by atoms with Gasteiger partial charge in [-0.2, -0.15) is 5.10 Å². The largest absolute Gasteiger partial charge is 0.323 e. The van der Waals surface area contributed by atoms with Crippen LogP contribution in [0.25, 0.3) is 5.69 Å². The summed E-state index contributed by atoms with van der Waals surface area (Å²) in [7, 11) is 0. The van der Waals surface area contributed by atoms with E-state index in [0.717, 1.165) is 11.1 Å². The van der Waals surface area contributed by atoms with Crippen molar-refractivity contribution in [3.05, 3.63) is 107 Å². The van der Waals surface area contributed by atoms with Crippen LogP contribution in [-0.4, -0.2) is 27.2 Å². The van der Waals surface area contributed by atoms with E-state index in [1.165, 1.54) is 6.33 Å². The van der Waals surface area contributed by atoms with Crippen molar-refractivity contribution in [1.29, 1.82) is 0 Å². The molecule has 0 aliphatic heterocycles. The van der Waals surface area contributed by atoms with Gasteiger partial charge in [0.25, 0.3) is 0 Å². The summed E-state index contributed by atoms with van der Waals surface area (Å²) in [6.07, 6.45) is 2.99. The number of nitrogens with one attached hydrogen (secondary N) is 2. The highest BCUT2D eigenvalue weighted by Gasteiger charge is 2.16. The number of anilines is 1. The van der Waals surface area contributed by atoms with Crippen molar-refractivity contribution < 1.29 is 4.79 Å². The summed E-state index contributed by atoms with van der Waals surface area (Å²) >= 11 is 12.2. The van der Waals surface area contributed by atoms with E-state index < -0.39 is 0 Å². The molecule has 2 N–H and O–H groups in total. The fourth-order valence-electron chi connectivity index (χ4n) is 3.26. The third-order valence-corrected chi connectivity index (χ3v) is 5.19. The molecular weight excluding hydrogens is 433 g/mol. The molecule has 0 bridgehead atoms. The molecule has 4 aromatic rings. The number of rotatable bonds is 7. The third-order valence-electron chi connectivity index (χ3n) is 4.70. The van der Waals surface area contributed by atoms with Crippen molar-refractivity contribution in [1.82, 2.24) is 20.1 Å². The smallest absolute Gasteiger partial charge is 0.238 e. The van der Waals surface area contributed by atoms with E-state index in [4.69, 9.17) is 23.2 Å². The average Bonchev–Trinajstić information content (AvgIpc) is 3.31. The Morgan fingerprint density at radius 3 is 2.35 bits per heavy atom. The molecule has 1 atom stereocenters. The summed E-state index contributed by atoms with van der Waals surface area (Å²) in [5, 5.41) is 11.6. The molecule has 0 aliphatic rings. The van der Waals surface area contributed by atoms with Gasteiger partial charge in [-0.25, -0.2) is 9.67 Å². The zero-order chi connectivity index (χ0) is 21.6. The summed E-state index contributed by atoms with van der Waals surface area (Å²) < 4.78 is 1.57. The summed E-state index contributed by atoms with van der Waals surface area (Å²) in [6.45, 7) is 0.0888. The van der Waals surface area contributed by atoms with E-state index in [0.29, 0.717) is 21.4 Å². The van der Waals surface area contributed by atoms with Gasteiger partial charge in [-0.3, -0.25) is 10.1 Å². The lowest BCUT2D eigenvalue weighted by Crippen LogP contribution is -2.32. The van der Waals surface area contributed by atoms with Crippen molar-refractivity contribution in [2.24, 2.45) is 0 Å². The lowest BCUT2D eigenvalue weighted by Gasteiger charge is -2.20. The fraction of sp³-hybridized carbons (Fsp3) is 0.0870. The monoisotopic (exact) mass is 451 g/mol. The molecule has 31 heavy (non-hydrogen) atoms. The number of amides is 1. The molecule has 0 aliphatic carbocycles. The first-order valence-electron chi connectivity index (χ1n) is 9.58. The van der Waals surface area contributed by atoms with Crippen LogP contribution in [-0.2, 0) is 4.79 Å². The van der Waals surface area contributed by atoms with Crippen molar-refractivity contribution >= 4 is 34.8 Å². The molecule has 1 amide bonds. The average molecular weight is 452 g/mol. The highest BCUT2D eigenvalue weighted by molar-refractivity contribution is 6.31. The lowest BCUT2D eigenvalue weighted by atomic mass is 9.99. The van der Waals surface area contributed by atoms with Gasteiger partial charge < -0.3 is 5.32 Å². The first-order valence-corrected chi connectivity index (χ1v) is 10.3. The molecule has 0 radical (unpaired) electrons. The normalized spacial score (nSPS) is 11.8. The number of carbonyl (C=O) groups excluding carboxylic acids is 1. The second-order valence-corrected chi connectivity index (χ2v) is 7.70. The van der Waals surface area contributed by atoms with Crippen molar-refractivity contribution in [2.75, 3.05) is 11.9 Å². The maximum absolute atomic E-state index is 12.8. The minimum absolute atomic E-state index is 0.0888. The van der Waals surface area contributed by atoms with E-state index in [1.807, 2.05) is 54.6 Å². The molecule has 0 saturated heterocycles.